The second-order valence-electron chi connectivity index (χ2n) is 5.43. The van der Waals surface area contributed by atoms with Crippen LogP contribution in [0.4, 0.5) is 5.69 Å². The number of nitrogens with one attached hydrogen (secondary N) is 1. The number of hydrogen-bond donors (Lipinski definition) is 1. The van der Waals surface area contributed by atoms with Crippen molar-refractivity contribution in [3.05, 3.63) is 18.2 Å². The number of rotatable bonds is 5. The van der Waals surface area contributed by atoms with E-state index in [1.165, 1.54) is 12.8 Å². The van der Waals surface area contributed by atoms with Gasteiger partial charge in [0.25, 0.3) is 0 Å². The molecule has 1 N–H and O–H groups in total. The molecule has 0 aromatic heterocycles. The summed E-state index contributed by atoms with van der Waals surface area (Å²) in [6.45, 7) is 6.52. The SMILES string of the molecule is CCCC1CN(c2ccc(OC)cc2OC)C(C)CN1. The Morgan fingerprint density at radius 3 is 2.75 bits per heavy atom. The zero-order chi connectivity index (χ0) is 14.5. The van der Waals surface area contributed by atoms with Crippen molar-refractivity contribution in [2.24, 2.45) is 0 Å². The molecule has 0 saturated carbocycles. The minimum absolute atomic E-state index is 0.463. The van der Waals surface area contributed by atoms with E-state index in [0.717, 1.165) is 30.3 Å². The molecular weight excluding hydrogens is 252 g/mol. The molecule has 4 nitrogen and oxygen atoms in total. The number of piperazine rings is 1. The highest BCUT2D eigenvalue weighted by Gasteiger charge is 2.26. The van der Waals surface area contributed by atoms with Crippen LogP contribution in [0.25, 0.3) is 0 Å². The van der Waals surface area contributed by atoms with Crippen LogP contribution >= 0.6 is 0 Å². The summed E-state index contributed by atoms with van der Waals surface area (Å²) in [5, 5.41) is 3.62. The van der Waals surface area contributed by atoms with Crippen molar-refractivity contribution < 1.29 is 9.47 Å². The molecule has 1 heterocycles. The van der Waals surface area contributed by atoms with Gasteiger partial charge in [-0.15, -0.1) is 0 Å². The van der Waals surface area contributed by atoms with Crippen molar-refractivity contribution in [3.63, 3.8) is 0 Å². The van der Waals surface area contributed by atoms with Gasteiger partial charge >= 0.3 is 0 Å². The molecule has 1 aromatic rings. The molecule has 0 spiro atoms. The van der Waals surface area contributed by atoms with Crippen molar-refractivity contribution >= 4 is 5.69 Å². The van der Waals surface area contributed by atoms with Gasteiger partial charge in [0.05, 0.1) is 19.9 Å². The van der Waals surface area contributed by atoms with Gasteiger partial charge < -0.3 is 19.7 Å². The fourth-order valence-electron chi connectivity index (χ4n) is 2.83. The summed E-state index contributed by atoms with van der Waals surface area (Å²) in [6, 6.07) is 7.08. The first-order valence-electron chi connectivity index (χ1n) is 7.41. The third-order valence-electron chi connectivity index (χ3n) is 3.98. The molecule has 112 valence electrons. The topological polar surface area (TPSA) is 33.7 Å². The standard InChI is InChI=1S/C16H26N2O2/c1-5-6-13-11-18(12(2)10-17-13)15-8-7-14(19-3)9-16(15)20-4/h7-9,12-13,17H,5-6,10-11H2,1-4H3. The van der Waals surface area contributed by atoms with Crippen LogP contribution in [-0.4, -0.2) is 39.4 Å². The lowest BCUT2D eigenvalue weighted by atomic mass is 10.0. The highest BCUT2D eigenvalue weighted by atomic mass is 16.5. The molecule has 2 unspecified atom stereocenters. The minimum atomic E-state index is 0.463. The van der Waals surface area contributed by atoms with Gasteiger partial charge in [-0.05, 0) is 25.5 Å². The van der Waals surface area contributed by atoms with E-state index in [-0.39, 0.29) is 0 Å². The minimum Gasteiger partial charge on any atom is -0.497 e. The maximum absolute atomic E-state index is 5.54. The first-order chi connectivity index (χ1) is 9.69. The second-order valence-corrected chi connectivity index (χ2v) is 5.43. The van der Waals surface area contributed by atoms with Gasteiger partial charge in [-0.2, -0.15) is 0 Å². The molecule has 20 heavy (non-hydrogen) atoms. The van der Waals surface area contributed by atoms with E-state index in [1.54, 1.807) is 14.2 Å². The number of nitrogens with zero attached hydrogens (tertiary/aromatic N) is 1. The molecule has 0 amide bonds. The van der Waals surface area contributed by atoms with Crippen LogP contribution in [0.15, 0.2) is 18.2 Å². The largest absolute Gasteiger partial charge is 0.497 e. The molecule has 0 radical (unpaired) electrons. The number of ether oxygens (including phenoxy) is 2. The summed E-state index contributed by atoms with van der Waals surface area (Å²) in [4.78, 5) is 2.44. The fourth-order valence-corrected chi connectivity index (χ4v) is 2.83. The van der Waals surface area contributed by atoms with E-state index in [2.05, 4.69) is 30.1 Å². The van der Waals surface area contributed by atoms with Gasteiger partial charge in [0, 0.05) is 31.2 Å². The Balaban J connectivity index is 2.23. The third-order valence-corrected chi connectivity index (χ3v) is 3.98. The van der Waals surface area contributed by atoms with Crippen LogP contribution in [0, 0.1) is 0 Å². The molecule has 1 fully saturated rings. The number of methoxy groups -OCH3 is 2. The van der Waals surface area contributed by atoms with E-state index in [9.17, 15) is 0 Å². The van der Waals surface area contributed by atoms with Gasteiger partial charge in [-0.25, -0.2) is 0 Å². The molecule has 1 saturated heterocycles. The van der Waals surface area contributed by atoms with Crippen LogP contribution in [0.3, 0.4) is 0 Å². The van der Waals surface area contributed by atoms with E-state index in [1.807, 2.05) is 12.1 Å². The van der Waals surface area contributed by atoms with E-state index < -0.39 is 0 Å². The van der Waals surface area contributed by atoms with Crippen LogP contribution in [0.5, 0.6) is 11.5 Å². The molecule has 1 aromatic carbocycles. The first kappa shape index (κ1) is 15.0. The van der Waals surface area contributed by atoms with Crippen LogP contribution in [0.2, 0.25) is 0 Å². The molecule has 4 heteroatoms. The summed E-state index contributed by atoms with van der Waals surface area (Å²) < 4.78 is 10.8. The van der Waals surface area contributed by atoms with Crippen molar-refractivity contribution in [1.29, 1.82) is 0 Å². The normalized spacial score (nSPS) is 22.7. The van der Waals surface area contributed by atoms with Crippen molar-refractivity contribution in [2.45, 2.75) is 38.8 Å². The highest BCUT2D eigenvalue weighted by Crippen LogP contribution is 2.34. The Bertz CT molecular complexity index is 436. The predicted octanol–water partition coefficient (Wildman–Crippen LogP) is 2.67. The molecule has 1 aliphatic rings. The van der Waals surface area contributed by atoms with Crippen molar-refractivity contribution in [2.75, 3.05) is 32.2 Å². The van der Waals surface area contributed by atoms with Crippen LogP contribution in [-0.2, 0) is 0 Å². The van der Waals surface area contributed by atoms with E-state index in [4.69, 9.17) is 9.47 Å². The number of hydrogen-bond acceptors (Lipinski definition) is 4. The lowest BCUT2D eigenvalue weighted by molar-refractivity contribution is 0.372. The van der Waals surface area contributed by atoms with Crippen LogP contribution < -0.4 is 19.7 Å². The average Bonchev–Trinajstić information content (AvgIpc) is 2.49. The van der Waals surface area contributed by atoms with E-state index >= 15 is 0 Å². The van der Waals surface area contributed by atoms with Gasteiger partial charge in [-0.3, -0.25) is 0 Å². The Morgan fingerprint density at radius 2 is 2.10 bits per heavy atom. The number of benzene rings is 1. The molecule has 1 aliphatic heterocycles. The predicted molar refractivity (Wildman–Crippen MR) is 83.1 cm³/mol. The average molecular weight is 278 g/mol. The van der Waals surface area contributed by atoms with Crippen LogP contribution in [0.1, 0.15) is 26.7 Å². The van der Waals surface area contributed by atoms with Crippen molar-refractivity contribution in [3.8, 4) is 11.5 Å². The van der Waals surface area contributed by atoms with E-state index in [0.29, 0.717) is 12.1 Å². The monoisotopic (exact) mass is 278 g/mol. The highest BCUT2D eigenvalue weighted by molar-refractivity contribution is 5.62. The molecule has 0 aliphatic carbocycles. The summed E-state index contributed by atoms with van der Waals surface area (Å²) in [6.07, 6.45) is 2.42. The first-order valence-corrected chi connectivity index (χ1v) is 7.41. The quantitative estimate of drug-likeness (QED) is 0.898. The Hall–Kier alpha value is -1.42. The lowest BCUT2D eigenvalue weighted by Gasteiger charge is -2.41. The summed E-state index contributed by atoms with van der Waals surface area (Å²) in [5.74, 6) is 1.71. The molecular formula is C16H26N2O2. The van der Waals surface area contributed by atoms with Gasteiger partial charge in [0.2, 0.25) is 0 Å². The molecule has 2 rings (SSSR count). The van der Waals surface area contributed by atoms with Gasteiger partial charge in [0.15, 0.2) is 0 Å². The number of anilines is 1. The lowest BCUT2D eigenvalue weighted by Crippen LogP contribution is -2.55. The molecule has 0 bridgehead atoms. The Kier molecular flexibility index (Phi) is 5.12. The maximum Gasteiger partial charge on any atom is 0.145 e. The summed E-state index contributed by atoms with van der Waals surface area (Å²) in [7, 11) is 3.40. The second kappa shape index (κ2) is 6.84. The van der Waals surface area contributed by atoms with Crippen molar-refractivity contribution in [1.82, 2.24) is 5.32 Å². The summed E-state index contributed by atoms with van der Waals surface area (Å²) in [5.41, 5.74) is 1.16. The third kappa shape index (κ3) is 3.18. The smallest absolute Gasteiger partial charge is 0.145 e. The van der Waals surface area contributed by atoms with Gasteiger partial charge in [0.1, 0.15) is 11.5 Å². The Morgan fingerprint density at radius 1 is 1.30 bits per heavy atom. The Labute approximate surface area is 122 Å². The zero-order valence-electron chi connectivity index (χ0n) is 13.0. The fraction of sp³-hybridized carbons (Fsp3) is 0.625. The molecule has 2 atom stereocenters. The van der Waals surface area contributed by atoms with Gasteiger partial charge in [-0.1, -0.05) is 13.3 Å². The zero-order valence-corrected chi connectivity index (χ0v) is 13.0. The summed E-state index contributed by atoms with van der Waals surface area (Å²) >= 11 is 0. The maximum atomic E-state index is 5.54.